The van der Waals surface area contributed by atoms with Crippen molar-refractivity contribution in [3.8, 4) is 5.75 Å². The Morgan fingerprint density at radius 3 is 2.50 bits per heavy atom. The summed E-state index contributed by atoms with van der Waals surface area (Å²) in [5.74, 6) is 1.04. The maximum absolute atomic E-state index is 12.2. The minimum Gasteiger partial charge on any atom is -0.497 e. The van der Waals surface area contributed by atoms with E-state index < -0.39 is 0 Å². The first-order chi connectivity index (χ1) is 10.5. The normalized spacial score (nSPS) is 10.4. The molecule has 0 atom stereocenters. The average molecular weight is 298 g/mol. The molecule has 0 heterocycles. The lowest BCUT2D eigenvalue weighted by atomic mass is 9.98. The average Bonchev–Trinajstić information content (AvgIpc) is 2.49. The molecular weight excluding hydrogens is 276 g/mol. The van der Waals surface area contributed by atoms with Gasteiger partial charge >= 0.3 is 6.03 Å². The Kier molecular flexibility index (Phi) is 5.04. The summed E-state index contributed by atoms with van der Waals surface area (Å²) in [6, 6.07) is 13.1. The van der Waals surface area contributed by atoms with Crippen LogP contribution in [0.15, 0.2) is 42.5 Å². The predicted molar refractivity (Wildman–Crippen MR) is 90.9 cm³/mol. The molecule has 0 aliphatic carbocycles. The van der Waals surface area contributed by atoms with Crippen LogP contribution in [0.3, 0.4) is 0 Å². The summed E-state index contributed by atoms with van der Waals surface area (Å²) >= 11 is 0. The van der Waals surface area contributed by atoms with Crippen molar-refractivity contribution in [3.63, 3.8) is 0 Å². The number of carbonyl (C=O) groups is 1. The van der Waals surface area contributed by atoms with E-state index in [1.165, 1.54) is 0 Å². The van der Waals surface area contributed by atoms with Crippen LogP contribution in [0.5, 0.6) is 5.75 Å². The van der Waals surface area contributed by atoms with Gasteiger partial charge in [0, 0.05) is 17.4 Å². The topological polar surface area (TPSA) is 50.4 Å². The molecule has 0 aromatic heterocycles. The molecule has 2 aromatic carbocycles. The Bertz CT molecular complexity index is 666. The van der Waals surface area contributed by atoms with Gasteiger partial charge in [-0.15, -0.1) is 0 Å². The molecule has 0 bridgehead atoms. The van der Waals surface area contributed by atoms with Gasteiger partial charge in [0.25, 0.3) is 0 Å². The number of anilines is 2. The summed E-state index contributed by atoms with van der Waals surface area (Å²) in [7, 11) is 1.60. The molecule has 0 saturated carbocycles. The lowest BCUT2D eigenvalue weighted by molar-refractivity contribution is 0.262. The number of urea groups is 1. The molecule has 0 aliphatic rings. The fraction of sp³-hybridized carbons (Fsp3) is 0.278. The molecule has 2 rings (SSSR count). The number of hydrogen-bond acceptors (Lipinski definition) is 2. The van der Waals surface area contributed by atoms with Crippen LogP contribution in [0.1, 0.15) is 30.9 Å². The van der Waals surface area contributed by atoms with E-state index in [0.29, 0.717) is 17.4 Å². The molecule has 0 unspecified atom stereocenters. The molecule has 4 heteroatoms. The Morgan fingerprint density at radius 1 is 1.09 bits per heavy atom. The number of rotatable bonds is 4. The van der Waals surface area contributed by atoms with Crippen molar-refractivity contribution in [2.24, 2.45) is 0 Å². The van der Waals surface area contributed by atoms with Crippen LogP contribution in [-0.4, -0.2) is 13.1 Å². The third-order valence-corrected chi connectivity index (χ3v) is 3.49. The zero-order chi connectivity index (χ0) is 16.1. The summed E-state index contributed by atoms with van der Waals surface area (Å²) in [6.45, 7) is 6.22. The summed E-state index contributed by atoms with van der Waals surface area (Å²) in [5.41, 5.74) is 3.74. The molecule has 0 spiro atoms. The van der Waals surface area contributed by atoms with Crippen molar-refractivity contribution in [2.75, 3.05) is 17.7 Å². The van der Waals surface area contributed by atoms with E-state index in [9.17, 15) is 4.79 Å². The first-order valence-electron chi connectivity index (χ1n) is 7.33. The van der Waals surface area contributed by atoms with E-state index in [0.717, 1.165) is 16.8 Å². The monoisotopic (exact) mass is 298 g/mol. The number of aryl methyl sites for hydroxylation is 1. The van der Waals surface area contributed by atoms with Crippen molar-refractivity contribution >= 4 is 17.4 Å². The predicted octanol–water partition coefficient (Wildman–Crippen LogP) is 4.77. The lowest BCUT2D eigenvalue weighted by Gasteiger charge is -2.17. The quantitative estimate of drug-likeness (QED) is 0.854. The third-order valence-electron chi connectivity index (χ3n) is 3.49. The lowest BCUT2D eigenvalue weighted by Crippen LogP contribution is -2.21. The van der Waals surface area contributed by atoms with E-state index in [1.807, 2.05) is 43.3 Å². The second-order valence-electron chi connectivity index (χ2n) is 5.50. The Morgan fingerprint density at radius 2 is 1.82 bits per heavy atom. The third kappa shape index (κ3) is 3.79. The molecule has 0 radical (unpaired) electrons. The van der Waals surface area contributed by atoms with Crippen molar-refractivity contribution < 1.29 is 9.53 Å². The van der Waals surface area contributed by atoms with E-state index in [1.54, 1.807) is 13.2 Å². The molecular formula is C18H22N2O2. The standard InChI is InChI=1S/C18H22N2O2/c1-12(2)16-10-5-7-13(3)17(16)20-18(21)19-14-8-6-9-15(11-14)22-4/h5-12H,1-4H3,(H2,19,20,21). The minimum atomic E-state index is -0.260. The second-order valence-corrected chi connectivity index (χ2v) is 5.50. The number of carbonyl (C=O) groups excluding carboxylic acids is 1. The van der Waals surface area contributed by atoms with Gasteiger partial charge in [0.15, 0.2) is 0 Å². The summed E-state index contributed by atoms with van der Waals surface area (Å²) in [4.78, 5) is 12.2. The van der Waals surface area contributed by atoms with Gasteiger partial charge in [-0.25, -0.2) is 4.79 Å². The Hall–Kier alpha value is -2.49. The van der Waals surface area contributed by atoms with Gasteiger partial charge in [-0.2, -0.15) is 0 Å². The summed E-state index contributed by atoms with van der Waals surface area (Å²) < 4.78 is 5.15. The van der Waals surface area contributed by atoms with Crippen LogP contribution < -0.4 is 15.4 Å². The largest absolute Gasteiger partial charge is 0.497 e. The summed E-state index contributed by atoms with van der Waals surface area (Å²) in [6.07, 6.45) is 0. The van der Waals surface area contributed by atoms with Crippen LogP contribution in [-0.2, 0) is 0 Å². The van der Waals surface area contributed by atoms with Gasteiger partial charge in [0.2, 0.25) is 0 Å². The van der Waals surface area contributed by atoms with Gasteiger partial charge in [0.05, 0.1) is 7.11 Å². The highest BCUT2D eigenvalue weighted by Gasteiger charge is 2.12. The fourth-order valence-electron chi connectivity index (χ4n) is 2.32. The Balaban J connectivity index is 2.15. The highest BCUT2D eigenvalue weighted by Crippen LogP contribution is 2.27. The molecule has 2 amide bonds. The number of benzene rings is 2. The highest BCUT2D eigenvalue weighted by molar-refractivity contribution is 6.00. The van der Waals surface area contributed by atoms with Crippen LogP contribution in [0.25, 0.3) is 0 Å². The summed E-state index contributed by atoms with van der Waals surface area (Å²) in [5, 5.41) is 5.78. The molecule has 2 N–H and O–H groups in total. The van der Waals surface area contributed by atoms with Gasteiger partial charge in [-0.1, -0.05) is 38.1 Å². The molecule has 116 valence electrons. The zero-order valence-corrected chi connectivity index (χ0v) is 13.4. The van der Waals surface area contributed by atoms with Crippen molar-refractivity contribution in [3.05, 3.63) is 53.6 Å². The molecule has 0 fully saturated rings. The molecule has 0 aliphatic heterocycles. The number of para-hydroxylation sites is 1. The van der Waals surface area contributed by atoms with Crippen molar-refractivity contribution in [2.45, 2.75) is 26.7 Å². The van der Waals surface area contributed by atoms with Gasteiger partial charge < -0.3 is 15.4 Å². The highest BCUT2D eigenvalue weighted by atomic mass is 16.5. The SMILES string of the molecule is COc1cccc(NC(=O)Nc2c(C)cccc2C(C)C)c1. The smallest absolute Gasteiger partial charge is 0.323 e. The maximum atomic E-state index is 12.2. The Labute approximate surface area is 131 Å². The van der Waals surface area contributed by atoms with E-state index in [2.05, 4.69) is 24.5 Å². The zero-order valence-electron chi connectivity index (χ0n) is 13.4. The van der Waals surface area contributed by atoms with Crippen molar-refractivity contribution in [1.29, 1.82) is 0 Å². The van der Waals surface area contributed by atoms with Gasteiger partial charge in [-0.05, 0) is 36.1 Å². The molecule has 22 heavy (non-hydrogen) atoms. The van der Waals surface area contributed by atoms with Crippen LogP contribution in [0, 0.1) is 6.92 Å². The van der Waals surface area contributed by atoms with Gasteiger partial charge in [-0.3, -0.25) is 0 Å². The first-order valence-corrected chi connectivity index (χ1v) is 7.33. The van der Waals surface area contributed by atoms with E-state index in [4.69, 9.17) is 4.74 Å². The number of nitrogens with one attached hydrogen (secondary N) is 2. The molecule has 2 aromatic rings. The van der Waals surface area contributed by atoms with Crippen LogP contribution in [0.2, 0.25) is 0 Å². The van der Waals surface area contributed by atoms with Crippen LogP contribution in [0.4, 0.5) is 16.2 Å². The van der Waals surface area contributed by atoms with Crippen molar-refractivity contribution in [1.82, 2.24) is 0 Å². The fourth-order valence-corrected chi connectivity index (χ4v) is 2.32. The second kappa shape index (κ2) is 6.98. The minimum absolute atomic E-state index is 0.260. The molecule has 4 nitrogen and oxygen atoms in total. The number of hydrogen-bond donors (Lipinski definition) is 2. The molecule has 0 saturated heterocycles. The maximum Gasteiger partial charge on any atom is 0.323 e. The van der Waals surface area contributed by atoms with E-state index >= 15 is 0 Å². The number of methoxy groups -OCH3 is 1. The van der Waals surface area contributed by atoms with Crippen LogP contribution >= 0.6 is 0 Å². The van der Waals surface area contributed by atoms with E-state index in [-0.39, 0.29) is 6.03 Å². The first kappa shape index (κ1) is 15.9. The number of ether oxygens (including phenoxy) is 1. The van der Waals surface area contributed by atoms with Gasteiger partial charge in [0.1, 0.15) is 5.75 Å². The number of amides is 2.